The third kappa shape index (κ3) is 3.75. The molecule has 0 bridgehead atoms. The van der Waals surface area contributed by atoms with Crippen molar-refractivity contribution in [2.24, 2.45) is 0 Å². The van der Waals surface area contributed by atoms with Gasteiger partial charge in [-0.15, -0.1) is 0 Å². The van der Waals surface area contributed by atoms with E-state index in [1.54, 1.807) is 0 Å². The van der Waals surface area contributed by atoms with Crippen LogP contribution >= 0.6 is 0 Å². The van der Waals surface area contributed by atoms with Gasteiger partial charge in [-0.05, 0) is 18.9 Å². The van der Waals surface area contributed by atoms with Crippen LogP contribution in [-0.2, 0) is 9.59 Å². The maximum Gasteiger partial charge on any atom is 0.325 e. The summed E-state index contributed by atoms with van der Waals surface area (Å²) in [7, 11) is 1.32. The molecule has 2 aliphatic rings. The van der Waals surface area contributed by atoms with Crippen molar-refractivity contribution in [2.45, 2.75) is 44.1 Å². The van der Waals surface area contributed by atoms with Crippen LogP contribution < -0.4 is 15.4 Å². The van der Waals surface area contributed by atoms with Gasteiger partial charge in [0.15, 0.2) is 0 Å². The van der Waals surface area contributed by atoms with E-state index >= 15 is 0 Å². The minimum absolute atomic E-state index is 0.111. The van der Waals surface area contributed by atoms with Crippen molar-refractivity contribution >= 4 is 29.2 Å². The number of benzene rings is 1. The first-order chi connectivity index (χ1) is 13.4. The number of rotatable bonds is 5. The highest BCUT2D eigenvalue weighted by atomic mass is 16.6. The van der Waals surface area contributed by atoms with E-state index in [1.165, 1.54) is 25.3 Å². The lowest BCUT2D eigenvalue weighted by atomic mass is 9.90. The number of methoxy groups -OCH3 is 1. The number of hydrogen-bond donors (Lipinski definition) is 2. The first-order valence-electron chi connectivity index (χ1n) is 9.13. The minimum Gasteiger partial charge on any atom is -0.494 e. The molecule has 1 aromatic carbocycles. The van der Waals surface area contributed by atoms with Crippen LogP contribution in [0.2, 0.25) is 0 Å². The van der Waals surface area contributed by atoms with E-state index in [4.69, 9.17) is 4.74 Å². The van der Waals surface area contributed by atoms with Crippen LogP contribution in [0.1, 0.15) is 38.5 Å². The number of ether oxygens (including phenoxy) is 1. The molecule has 2 fully saturated rings. The molecule has 0 aromatic heterocycles. The number of nitro groups is 1. The topological polar surface area (TPSA) is 131 Å². The maximum absolute atomic E-state index is 12.8. The molecule has 1 aromatic rings. The van der Waals surface area contributed by atoms with E-state index in [-0.39, 0.29) is 23.0 Å². The lowest BCUT2D eigenvalue weighted by Crippen LogP contribution is -2.47. The summed E-state index contributed by atoms with van der Waals surface area (Å²) in [4.78, 5) is 48.8. The molecule has 1 heterocycles. The van der Waals surface area contributed by atoms with Crippen molar-refractivity contribution in [3.63, 3.8) is 0 Å². The number of carbonyl (C=O) groups is 3. The zero-order valence-corrected chi connectivity index (χ0v) is 15.5. The van der Waals surface area contributed by atoms with Crippen molar-refractivity contribution in [2.75, 3.05) is 19.0 Å². The summed E-state index contributed by atoms with van der Waals surface area (Å²) in [5.74, 6) is -0.855. The van der Waals surface area contributed by atoms with Gasteiger partial charge >= 0.3 is 6.03 Å². The summed E-state index contributed by atoms with van der Waals surface area (Å²) in [6.45, 7) is -0.438. The van der Waals surface area contributed by atoms with Gasteiger partial charge < -0.3 is 15.4 Å². The van der Waals surface area contributed by atoms with Crippen LogP contribution in [0.5, 0.6) is 5.75 Å². The second-order valence-corrected chi connectivity index (χ2v) is 7.01. The van der Waals surface area contributed by atoms with Crippen molar-refractivity contribution in [3.05, 3.63) is 28.3 Å². The molecule has 0 radical (unpaired) electrons. The summed E-state index contributed by atoms with van der Waals surface area (Å²) >= 11 is 0. The highest BCUT2D eigenvalue weighted by Crippen LogP contribution is 2.33. The van der Waals surface area contributed by atoms with Crippen LogP contribution in [0.4, 0.5) is 16.2 Å². The number of amides is 4. The van der Waals surface area contributed by atoms with Gasteiger partial charge in [-0.25, -0.2) is 4.79 Å². The molecular weight excluding hydrogens is 368 g/mol. The Morgan fingerprint density at radius 2 is 1.96 bits per heavy atom. The Bertz CT molecular complexity index is 816. The van der Waals surface area contributed by atoms with E-state index in [2.05, 4.69) is 10.6 Å². The monoisotopic (exact) mass is 390 g/mol. The molecule has 10 heteroatoms. The van der Waals surface area contributed by atoms with Gasteiger partial charge in [-0.2, -0.15) is 0 Å². The molecule has 0 atom stereocenters. The molecule has 4 amide bonds. The van der Waals surface area contributed by atoms with Gasteiger partial charge in [-0.1, -0.05) is 25.7 Å². The molecule has 1 saturated heterocycles. The van der Waals surface area contributed by atoms with E-state index in [0.29, 0.717) is 12.8 Å². The molecule has 0 unspecified atom stereocenters. The summed E-state index contributed by atoms with van der Waals surface area (Å²) in [6.07, 6.45) is 4.90. The molecule has 2 N–H and O–H groups in total. The van der Waals surface area contributed by atoms with Gasteiger partial charge in [0, 0.05) is 6.07 Å². The largest absolute Gasteiger partial charge is 0.494 e. The van der Waals surface area contributed by atoms with Gasteiger partial charge in [-0.3, -0.25) is 24.6 Å². The van der Waals surface area contributed by atoms with Crippen LogP contribution in [0.25, 0.3) is 0 Å². The molecule has 1 aliphatic carbocycles. The molecule has 1 aliphatic heterocycles. The Kier molecular flexibility index (Phi) is 5.48. The average molecular weight is 390 g/mol. The third-order valence-corrected chi connectivity index (χ3v) is 5.17. The Balaban J connectivity index is 1.70. The highest BCUT2D eigenvalue weighted by Gasteiger charge is 2.51. The first-order valence-corrected chi connectivity index (χ1v) is 9.13. The summed E-state index contributed by atoms with van der Waals surface area (Å²) in [6, 6.07) is 3.18. The summed E-state index contributed by atoms with van der Waals surface area (Å²) < 4.78 is 5.07. The maximum atomic E-state index is 12.8. The van der Waals surface area contributed by atoms with Crippen molar-refractivity contribution < 1.29 is 24.0 Å². The predicted molar refractivity (Wildman–Crippen MR) is 99.0 cm³/mol. The van der Waals surface area contributed by atoms with E-state index in [1.807, 2.05) is 0 Å². The Hall–Kier alpha value is -3.17. The van der Waals surface area contributed by atoms with Crippen LogP contribution in [0.3, 0.4) is 0 Å². The number of imide groups is 1. The average Bonchev–Trinajstić information content (AvgIpc) is 2.83. The number of hydrogen-bond acceptors (Lipinski definition) is 6. The smallest absolute Gasteiger partial charge is 0.325 e. The number of nitro benzene ring substituents is 1. The fraction of sp³-hybridized carbons (Fsp3) is 0.500. The zero-order valence-electron chi connectivity index (χ0n) is 15.5. The molecular formula is C18H22N4O6. The van der Waals surface area contributed by atoms with Crippen LogP contribution in [0, 0.1) is 10.1 Å². The van der Waals surface area contributed by atoms with E-state index in [0.717, 1.165) is 30.6 Å². The SMILES string of the molecule is COc1cc([N+](=O)[O-])ccc1NC(=O)CN1C(=O)NC2(CCCCCC2)C1=O. The Morgan fingerprint density at radius 1 is 1.29 bits per heavy atom. The number of nitrogens with one attached hydrogen (secondary N) is 2. The molecule has 3 rings (SSSR count). The molecule has 150 valence electrons. The highest BCUT2D eigenvalue weighted by molar-refractivity contribution is 6.10. The lowest BCUT2D eigenvalue weighted by molar-refractivity contribution is -0.384. The fourth-order valence-corrected chi connectivity index (χ4v) is 3.72. The Labute approximate surface area is 161 Å². The molecule has 1 saturated carbocycles. The number of urea groups is 1. The predicted octanol–water partition coefficient (Wildman–Crippen LogP) is 2.19. The van der Waals surface area contributed by atoms with E-state index < -0.39 is 28.9 Å². The summed E-state index contributed by atoms with van der Waals surface area (Å²) in [5.41, 5.74) is -0.868. The lowest BCUT2D eigenvalue weighted by Gasteiger charge is -2.24. The van der Waals surface area contributed by atoms with Gasteiger partial charge in [0.1, 0.15) is 17.8 Å². The molecule has 28 heavy (non-hydrogen) atoms. The standard InChI is InChI=1S/C18H22N4O6/c1-28-14-10-12(22(26)27)6-7-13(14)19-15(23)11-21-16(24)18(20-17(21)25)8-4-2-3-5-9-18/h6-7,10H,2-5,8-9,11H2,1H3,(H,19,23)(H,20,25). The first kappa shape index (κ1) is 19.6. The summed E-state index contributed by atoms with van der Waals surface area (Å²) in [5, 5.41) is 16.2. The fourth-order valence-electron chi connectivity index (χ4n) is 3.72. The van der Waals surface area contributed by atoms with Gasteiger partial charge in [0.2, 0.25) is 5.91 Å². The number of nitrogens with zero attached hydrogens (tertiary/aromatic N) is 2. The number of non-ortho nitro benzene ring substituents is 1. The van der Waals surface area contributed by atoms with Crippen LogP contribution in [0.15, 0.2) is 18.2 Å². The van der Waals surface area contributed by atoms with Crippen molar-refractivity contribution in [1.82, 2.24) is 10.2 Å². The minimum atomic E-state index is -0.904. The molecule has 1 spiro atoms. The van der Waals surface area contributed by atoms with E-state index in [9.17, 15) is 24.5 Å². The quantitative estimate of drug-likeness (QED) is 0.450. The number of carbonyl (C=O) groups excluding carboxylic acids is 3. The normalized spacial score (nSPS) is 18.5. The van der Waals surface area contributed by atoms with Gasteiger partial charge in [0.05, 0.1) is 23.8 Å². The second-order valence-electron chi connectivity index (χ2n) is 7.01. The molecule has 10 nitrogen and oxygen atoms in total. The zero-order chi connectivity index (χ0) is 20.3. The van der Waals surface area contributed by atoms with Crippen molar-refractivity contribution in [3.8, 4) is 5.75 Å². The van der Waals surface area contributed by atoms with Crippen molar-refractivity contribution in [1.29, 1.82) is 0 Å². The van der Waals surface area contributed by atoms with Gasteiger partial charge in [0.25, 0.3) is 11.6 Å². The third-order valence-electron chi connectivity index (χ3n) is 5.17. The number of anilines is 1. The Morgan fingerprint density at radius 3 is 2.57 bits per heavy atom. The van der Waals surface area contributed by atoms with Crippen LogP contribution in [-0.4, -0.2) is 46.9 Å². The second kappa shape index (κ2) is 7.83.